The van der Waals surface area contributed by atoms with Gasteiger partial charge in [0.1, 0.15) is 0 Å². The molecule has 0 saturated carbocycles. The van der Waals surface area contributed by atoms with Crippen LogP contribution < -0.4 is 0 Å². The molecule has 0 nitrogen and oxygen atoms in total. The summed E-state index contributed by atoms with van der Waals surface area (Å²) >= 11 is 0. The van der Waals surface area contributed by atoms with Gasteiger partial charge >= 0.3 is 6.18 Å². The molecule has 3 aromatic carbocycles. The number of rotatable bonds is 7. The molecule has 0 radical (unpaired) electrons. The Morgan fingerprint density at radius 2 is 1.24 bits per heavy atom. The van der Waals surface area contributed by atoms with Gasteiger partial charge in [-0.2, -0.15) is 13.2 Å². The average Bonchev–Trinajstić information content (AvgIpc) is 2.72. The van der Waals surface area contributed by atoms with Crippen LogP contribution in [0.1, 0.15) is 47.1 Å². The third-order valence-electron chi connectivity index (χ3n) is 5.00. The highest BCUT2D eigenvalue weighted by molar-refractivity contribution is 5.69. The van der Waals surface area contributed by atoms with Crippen molar-refractivity contribution in [3.05, 3.63) is 107 Å². The van der Waals surface area contributed by atoms with Gasteiger partial charge in [-0.25, -0.2) is 0 Å². The van der Waals surface area contributed by atoms with E-state index in [4.69, 9.17) is 0 Å². The maximum Gasteiger partial charge on any atom is 0.396 e. The molecule has 3 aromatic rings. The highest BCUT2D eigenvalue weighted by atomic mass is 19.4. The molecular formula is C26H25F3. The smallest absolute Gasteiger partial charge is 0.170 e. The number of aryl methyl sites for hydroxylation is 1. The van der Waals surface area contributed by atoms with Gasteiger partial charge in [0.25, 0.3) is 0 Å². The normalized spacial score (nSPS) is 13.0. The largest absolute Gasteiger partial charge is 0.396 e. The topological polar surface area (TPSA) is 0 Å². The van der Waals surface area contributed by atoms with Gasteiger partial charge in [0.05, 0.1) is 5.92 Å². The lowest BCUT2D eigenvalue weighted by Gasteiger charge is -2.21. The standard InChI is InChI=1S/C26H25F3/c1-2-6-20-9-11-21(12-10-20)13-14-22-15-17-23(18-16-22)19-25(26(27,28)29)24-7-4-3-5-8-24/h3-5,7-18,25H,2,6,19H2,1H3/t25-/m0/s1. The van der Waals surface area contributed by atoms with Crippen molar-refractivity contribution >= 4 is 12.2 Å². The molecule has 29 heavy (non-hydrogen) atoms. The second kappa shape index (κ2) is 9.60. The van der Waals surface area contributed by atoms with Crippen molar-refractivity contribution in [2.24, 2.45) is 0 Å². The lowest BCUT2D eigenvalue weighted by atomic mass is 9.91. The number of halogens is 3. The zero-order chi connectivity index (χ0) is 20.7. The summed E-state index contributed by atoms with van der Waals surface area (Å²) in [5.74, 6) is -1.49. The second-order valence-electron chi connectivity index (χ2n) is 7.28. The maximum absolute atomic E-state index is 13.5. The molecule has 0 bridgehead atoms. The van der Waals surface area contributed by atoms with E-state index in [1.165, 1.54) is 5.56 Å². The fraction of sp³-hybridized carbons (Fsp3) is 0.231. The van der Waals surface area contributed by atoms with E-state index in [0.29, 0.717) is 11.1 Å². The van der Waals surface area contributed by atoms with Crippen molar-refractivity contribution < 1.29 is 13.2 Å². The maximum atomic E-state index is 13.5. The summed E-state index contributed by atoms with van der Waals surface area (Å²) in [6, 6.07) is 23.9. The van der Waals surface area contributed by atoms with Crippen molar-refractivity contribution in [1.29, 1.82) is 0 Å². The van der Waals surface area contributed by atoms with Gasteiger partial charge in [-0.15, -0.1) is 0 Å². The van der Waals surface area contributed by atoms with Gasteiger partial charge in [-0.1, -0.05) is 104 Å². The van der Waals surface area contributed by atoms with Crippen LogP contribution in [0.3, 0.4) is 0 Å². The monoisotopic (exact) mass is 394 g/mol. The van der Waals surface area contributed by atoms with Crippen molar-refractivity contribution in [2.75, 3.05) is 0 Å². The molecule has 0 N–H and O–H groups in total. The minimum atomic E-state index is -4.27. The lowest BCUT2D eigenvalue weighted by Crippen LogP contribution is -2.22. The second-order valence-corrected chi connectivity index (χ2v) is 7.28. The van der Waals surface area contributed by atoms with Gasteiger partial charge in [0, 0.05) is 0 Å². The highest BCUT2D eigenvalue weighted by Crippen LogP contribution is 2.37. The quantitative estimate of drug-likeness (QED) is 0.360. The highest BCUT2D eigenvalue weighted by Gasteiger charge is 2.40. The van der Waals surface area contributed by atoms with E-state index in [9.17, 15) is 13.2 Å². The van der Waals surface area contributed by atoms with Crippen LogP contribution >= 0.6 is 0 Å². The molecule has 0 amide bonds. The molecule has 150 valence electrons. The van der Waals surface area contributed by atoms with E-state index in [1.54, 1.807) is 42.5 Å². The van der Waals surface area contributed by atoms with Crippen molar-refractivity contribution in [1.82, 2.24) is 0 Å². The van der Waals surface area contributed by atoms with Gasteiger partial charge in [0.2, 0.25) is 0 Å². The predicted octanol–water partition coefficient (Wildman–Crippen LogP) is 7.70. The lowest BCUT2D eigenvalue weighted by molar-refractivity contribution is -0.150. The molecule has 0 aliphatic carbocycles. The summed E-state index contributed by atoms with van der Waals surface area (Å²) in [5, 5.41) is 0. The first-order valence-corrected chi connectivity index (χ1v) is 9.93. The van der Waals surface area contributed by atoms with Crippen LogP contribution in [-0.2, 0) is 12.8 Å². The fourth-order valence-corrected chi connectivity index (χ4v) is 3.38. The van der Waals surface area contributed by atoms with E-state index in [1.807, 2.05) is 24.3 Å². The molecule has 0 fully saturated rings. The molecule has 0 heterocycles. The van der Waals surface area contributed by atoms with Crippen LogP contribution in [0.5, 0.6) is 0 Å². The van der Waals surface area contributed by atoms with Gasteiger partial charge in [0.15, 0.2) is 0 Å². The Kier molecular flexibility index (Phi) is 6.92. The van der Waals surface area contributed by atoms with Crippen LogP contribution in [0.2, 0.25) is 0 Å². The zero-order valence-electron chi connectivity index (χ0n) is 16.5. The van der Waals surface area contributed by atoms with E-state index < -0.39 is 12.1 Å². The van der Waals surface area contributed by atoms with Crippen molar-refractivity contribution in [3.8, 4) is 0 Å². The third-order valence-corrected chi connectivity index (χ3v) is 5.00. The Balaban J connectivity index is 1.69. The van der Waals surface area contributed by atoms with Crippen LogP contribution in [0.15, 0.2) is 78.9 Å². The van der Waals surface area contributed by atoms with Crippen LogP contribution in [0, 0.1) is 0 Å². The zero-order valence-corrected chi connectivity index (χ0v) is 16.5. The molecule has 0 unspecified atom stereocenters. The summed E-state index contributed by atoms with van der Waals surface area (Å²) < 4.78 is 40.6. The van der Waals surface area contributed by atoms with Gasteiger partial charge in [-0.3, -0.25) is 0 Å². The Labute approximate surface area is 170 Å². The fourth-order valence-electron chi connectivity index (χ4n) is 3.38. The molecule has 0 saturated heterocycles. The number of benzene rings is 3. The Morgan fingerprint density at radius 3 is 1.72 bits per heavy atom. The van der Waals surface area contributed by atoms with E-state index in [-0.39, 0.29) is 6.42 Å². The number of alkyl halides is 3. The molecule has 3 heteroatoms. The first kappa shape index (κ1) is 20.9. The summed E-state index contributed by atoms with van der Waals surface area (Å²) in [5.41, 5.74) is 4.38. The van der Waals surface area contributed by atoms with Gasteiger partial charge in [-0.05, 0) is 40.7 Å². The molecule has 0 aromatic heterocycles. The SMILES string of the molecule is CCCc1ccc(C=Cc2ccc(C[C@@H](c3ccccc3)C(F)(F)F)cc2)cc1. The van der Waals surface area contributed by atoms with E-state index in [0.717, 1.165) is 24.0 Å². The van der Waals surface area contributed by atoms with Gasteiger partial charge < -0.3 is 0 Å². The predicted molar refractivity (Wildman–Crippen MR) is 115 cm³/mol. The Morgan fingerprint density at radius 1 is 0.724 bits per heavy atom. The molecule has 0 aliphatic heterocycles. The average molecular weight is 394 g/mol. The van der Waals surface area contributed by atoms with E-state index >= 15 is 0 Å². The van der Waals surface area contributed by atoms with Crippen LogP contribution in [-0.4, -0.2) is 6.18 Å². The Bertz CT molecular complexity index is 905. The summed E-state index contributed by atoms with van der Waals surface area (Å²) in [6.45, 7) is 2.16. The van der Waals surface area contributed by atoms with Crippen LogP contribution in [0.25, 0.3) is 12.2 Å². The first-order chi connectivity index (χ1) is 14.0. The molecule has 0 spiro atoms. The minimum Gasteiger partial charge on any atom is -0.170 e. The van der Waals surface area contributed by atoms with Crippen molar-refractivity contribution in [2.45, 2.75) is 38.3 Å². The van der Waals surface area contributed by atoms with Crippen LogP contribution in [0.4, 0.5) is 13.2 Å². The molecule has 0 aliphatic rings. The number of hydrogen-bond acceptors (Lipinski definition) is 0. The summed E-state index contributed by atoms with van der Waals surface area (Å²) in [6.07, 6.45) is 1.87. The minimum absolute atomic E-state index is 0.0591. The first-order valence-electron chi connectivity index (χ1n) is 9.93. The molecular weight excluding hydrogens is 369 g/mol. The van der Waals surface area contributed by atoms with Crippen molar-refractivity contribution in [3.63, 3.8) is 0 Å². The molecule has 3 rings (SSSR count). The summed E-state index contributed by atoms with van der Waals surface area (Å²) in [7, 11) is 0. The van der Waals surface area contributed by atoms with E-state index in [2.05, 4.69) is 31.2 Å². The summed E-state index contributed by atoms with van der Waals surface area (Å²) in [4.78, 5) is 0. The molecule has 1 atom stereocenters. The third kappa shape index (κ3) is 6.08. The Hall–Kier alpha value is -2.81. The number of hydrogen-bond donors (Lipinski definition) is 0.